The van der Waals surface area contributed by atoms with Gasteiger partial charge < -0.3 is 4.55 Å². The third-order valence-corrected chi connectivity index (χ3v) is 12.8. The summed E-state index contributed by atoms with van der Waals surface area (Å²) in [5, 5.41) is 4.35. The van der Waals surface area contributed by atoms with Crippen LogP contribution < -0.4 is 15.9 Å². The molecule has 0 heterocycles. The Hall–Kier alpha value is -1.65. The van der Waals surface area contributed by atoms with Gasteiger partial charge in [-0.25, -0.2) is 8.42 Å². The third-order valence-electron chi connectivity index (χ3n) is 6.21. The molecule has 0 spiro atoms. The largest absolute Gasteiger partial charge is 0.739 e. The molecule has 34 heavy (non-hydrogen) atoms. The maximum Gasteiger partial charge on any atom is 0.149 e. The summed E-state index contributed by atoms with van der Waals surface area (Å²) < 4.78 is 31.9. The van der Waals surface area contributed by atoms with Gasteiger partial charge in [0.25, 0.3) is 0 Å². The predicted octanol–water partition coefficient (Wildman–Crippen LogP) is 6.29. The number of benzene rings is 3. The smallest absolute Gasteiger partial charge is 0.149 e. The highest BCUT2D eigenvalue weighted by molar-refractivity contribution is 8.69. The summed E-state index contributed by atoms with van der Waals surface area (Å²) in [6, 6.07) is 33.2. The van der Waals surface area contributed by atoms with Gasteiger partial charge in [0.2, 0.25) is 0 Å². The number of hydrogen-bond acceptors (Lipinski definition) is 4. The van der Waals surface area contributed by atoms with Crippen LogP contribution in [0.5, 0.6) is 0 Å². The van der Waals surface area contributed by atoms with Crippen molar-refractivity contribution in [3.8, 4) is 0 Å². The fourth-order valence-electron chi connectivity index (χ4n) is 4.55. The van der Waals surface area contributed by atoms with E-state index in [2.05, 4.69) is 91.0 Å². The van der Waals surface area contributed by atoms with E-state index in [0.29, 0.717) is 16.5 Å². The lowest BCUT2D eigenvalue weighted by Crippen LogP contribution is -2.33. The summed E-state index contributed by atoms with van der Waals surface area (Å²) in [5.41, 5.74) is 0. The van der Waals surface area contributed by atoms with Crippen LogP contribution in [0.2, 0.25) is 0 Å². The van der Waals surface area contributed by atoms with E-state index >= 15 is 0 Å². The average molecular weight is 515 g/mol. The summed E-state index contributed by atoms with van der Waals surface area (Å²) in [6.07, 6.45) is 10.1. The lowest BCUT2D eigenvalue weighted by molar-refractivity contribution is 0.482. The van der Waals surface area contributed by atoms with Crippen LogP contribution in [0.4, 0.5) is 0 Å². The molecular weight excluding hydrogens is 479 g/mol. The molecule has 0 aliphatic carbocycles. The van der Waals surface area contributed by atoms with E-state index in [4.69, 9.17) is 0 Å². The Morgan fingerprint density at radius 1 is 0.559 bits per heavy atom. The summed E-state index contributed by atoms with van der Waals surface area (Å²) in [5.74, 6) is 0.413. The predicted molar refractivity (Wildman–Crippen MR) is 149 cm³/mol. The minimum absolute atomic E-state index is 0.413. The van der Waals surface area contributed by atoms with Crippen LogP contribution in [0.25, 0.3) is 0 Å². The van der Waals surface area contributed by atoms with Crippen LogP contribution in [0.3, 0.4) is 0 Å². The summed E-state index contributed by atoms with van der Waals surface area (Å²) in [6.45, 7) is 0. The van der Waals surface area contributed by atoms with E-state index in [-0.39, 0.29) is 0 Å². The molecule has 0 fully saturated rings. The van der Waals surface area contributed by atoms with E-state index in [1.807, 2.05) is 0 Å². The van der Waals surface area contributed by atoms with Crippen molar-refractivity contribution in [2.75, 3.05) is 11.9 Å². The fourth-order valence-corrected chi connectivity index (χ4v) is 10.5. The SMILES string of the molecule is O=S(=O)([O-])SCCCCCCCCCC[P+](c1ccccc1)(c1ccccc1)c1ccccc1. The topological polar surface area (TPSA) is 57.2 Å². The van der Waals surface area contributed by atoms with Gasteiger partial charge in [-0.3, -0.25) is 0 Å². The first-order chi connectivity index (χ1) is 16.5. The second-order valence-electron chi connectivity index (χ2n) is 8.60. The summed E-state index contributed by atoms with van der Waals surface area (Å²) in [4.78, 5) is 0. The highest BCUT2D eigenvalue weighted by atomic mass is 33.1. The second-order valence-corrected chi connectivity index (χ2v) is 15.6. The molecule has 0 saturated heterocycles. The molecule has 0 saturated carbocycles. The Labute approximate surface area is 209 Å². The van der Waals surface area contributed by atoms with Gasteiger partial charge in [-0.15, -0.1) is 0 Å². The van der Waals surface area contributed by atoms with Crippen molar-refractivity contribution in [1.29, 1.82) is 0 Å². The highest BCUT2D eigenvalue weighted by Crippen LogP contribution is 2.55. The molecule has 182 valence electrons. The standard InChI is InChI=1S/C28H35O3PS2/c29-34(30,31)33-25-17-6-4-2-1-3-5-16-24-32(26-18-10-7-11-19-26,27-20-12-8-13-21-27)28-22-14-9-15-23-28/h7-15,18-23H,1-6,16-17,24-25H2. The van der Waals surface area contributed by atoms with E-state index in [0.717, 1.165) is 19.3 Å². The Morgan fingerprint density at radius 3 is 1.29 bits per heavy atom. The number of rotatable bonds is 15. The van der Waals surface area contributed by atoms with E-state index < -0.39 is 16.4 Å². The maximum absolute atomic E-state index is 10.6. The van der Waals surface area contributed by atoms with Gasteiger partial charge in [-0.05, 0) is 66.5 Å². The Kier molecular flexibility index (Phi) is 11.1. The molecule has 3 aromatic carbocycles. The van der Waals surface area contributed by atoms with Gasteiger partial charge in [-0.2, -0.15) is 0 Å². The third kappa shape index (κ3) is 8.23. The van der Waals surface area contributed by atoms with Gasteiger partial charge in [0, 0.05) is 5.75 Å². The van der Waals surface area contributed by atoms with Gasteiger partial charge in [0.15, 0.2) is 0 Å². The van der Waals surface area contributed by atoms with Gasteiger partial charge in [0.1, 0.15) is 32.3 Å². The molecule has 0 atom stereocenters. The molecule has 6 heteroatoms. The molecule has 3 aromatic rings. The zero-order chi connectivity index (χ0) is 24.1. The van der Waals surface area contributed by atoms with Gasteiger partial charge in [0.05, 0.1) is 6.16 Å². The van der Waals surface area contributed by atoms with E-state index in [9.17, 15) is 13.0 Å². The van der Waals surface area contributed by atoms with Gasteiger partial charge in [-0.1, -0.05) is 86.7 Å². The second kappa shape index (κ2) is 14.0. The van der Waals surface area contributed by atoms with Crippen LogP contribution in [-0.2, 0) is 9.15 Å². The zero-order valence-electron chi connectivity index (χ0n) is 19.7. The van der Waals surface area contributed by atoms with Crippen molar-refractivity contribution < 1.29 is 13.0 Å². The van der Waals surface area contributed by atoms with Crippen LogP contribution in [0.1, 0.15) is 51.4 Å². The van der Waals surface area contributed by atoms with Crippen LogP contribution in [0, 0.1) is 0 Å². The Balaban J connectivity index is 1.58. The van der Waals surface area contributed by atoms with Crippen molar-refractivity contribution in [2.24, 2.45) is 0 Å². The Morgan fingerprint density at radius 2 is 0.912 bits per heavy atom. The van der Waals surface area contributed by atoms with Crippen molar-refractivity contribution in [3.63, 3.8) is 0 Å². The molecule has 3 rings (SSSR count). The molecule has 0 aromatic heterocycles. The van der Waals surface area contributed by atoms with Crippen LogP contribution in [0.15, 0.2) is 91.0 Å². The maximum atomic E-state index is 10.6. The Bertz CT molecular complexity index is 962. The van der Waals surface area contributed by atoms with Gasteiger partial charge >= 0.3 is 0 Å². The van der Waals surface area contributed by atoms with Crippen LogP contribution >= 0.6 is 18.1 Å². The van der Waals surface area contributed by atoms with Crippen molar-refractivity contribution >= 4 is 43.1 Å². The first-order valence-corrected chi connectivity index (χ1v) is 17.1. The lowest BCUT2D eigenvalue weighted by atomic mass is 10.1. The minimum Gasteiger partial charge on any atom is -0.739 e. The molecular formula is C28H35O3PS2. The lowest BCUT2D eigenvalue weighted by Gasteiger charge is -2.27. The molecule has 0 aliphatic rings. The monoisotopic (exact) mass is 514 g/mol. The quantitative estimate of drug-likeness (QED) is 0.103. The first-order valence-electron chi connectivity index (χ1n) is 12.2. The van der Waals surface area contributed by atoms with E-state index in [1.54, 1.807) is 0 Å². The molecule has 0 N–H and O–H groups in total. The first kappa shape index (κ1) is 26.9. The summed E-state index contributed by atoms with van der Waals surface area (Å²) >= 11 is 0. The normalized spacial score (nSPS) is 12.0. The molecule has 3 nitrogen and oxygen atoms in total. The van der Waals surface area contributed by atoms with Crippen molar-refractivity contribution in [2.45, 2.75) is 51.4 Å². The molecule has 0 radical (unpaired) electrons. The number of unbranched alkanes of at least 4 members (excludes halogenated alkanes) is 7. The summed E-state index contributed by atoms with van der Waals surface area (Å²) in [7, 11) is -5.33. The molecule has 0 amide bonds. The average Bonchev–Trinajstić information content (AvgIpc) is 2.86. The minimum atomic E-state index is -4.14. The van der Waals surface area contributed by atoms with Crippen LogP contribution in [-0.4, -0.2) is 24.9 Å². The zero-order valence-corrected chi connectivity index (χ0v) is 22.2. The molecule has 0 unspecified atom stereocenters. The highest BCUT2D eigenvalue weighted by Gasteiger charge is 2.44. The molecule has 0 aliphatic heterocycles. The van der Waals surface area contributed by atoms with Crippen molar-refractivity contribution in [3.05, 3.63) is 91.0 Å². The molecule has 0 bridgehead atoms. The van der Waals surface area contributed by atoms with E-state index in [1.165, 1.54) is 54.2 Å². The number of hydrogen-bond donors (Lipinski definition) is 0. The van der Waals surface area contributed by atoms with Crippen molar-refractivity contribution in [1.82, 2.24) is 0 Å². The fraction of sp³-hybridized carbons (Fsp3) is 0.357.